The molecule has 0 saturated carbocycles. The Morgan fingerprint density at radius 1 is 1.20 bits per heavy atom. The predicted octanol–water partition coefficient (Wildman–Crippen LogP) is 4.19. The van der Waals surface area contributed by atoms with E-state index in [1.165, 1.54) is 16.5 Å². The maximum atomic E-state index is 4.44. The fraction of sp³-hybridized carbons (Fsp3) is 0.235. The van der Waals surface area contributed by atoms with Crippen molar-refractivity contribution in [3.05, 3.63) is 64.5 Å². The third kappa shape index (κ3) is 2.74. The summed E-state index contributed by atoms with van der Waals surface area (Å²) >= 11 is 1.77. The number of fused-ring (bicyclic) bond motifs is 1. The van der Waals surface area contributed by atoms with Gasteiger partial charge in [-0.15, -0.1) is 0 Å². The molecule has 0 saturated heterocycles. The maximum Gasteiger partial charge on any atom is 0.0705 e. The van der Waals surface area contributed by atoms with E-state index >= 15 is 0 Å². The van der Waals surface area contributed by atoms with Crippen LogP contribution in [0.3, 0.4) is 0 Å². The highest BCUT2D eigenvalue weighted by Crippen LogP contribution is 2.26. The number of hydrogen-bond donors (Lipinski definition) is 1. The van der Waals surface area contributed by atoms with Crippen LogP contribution in [0.25, 0.3) is 10.9 Å². The van der Waals surface area contributed by atoms with Gasteiger partial charge in [-0.2, -0.15) is 11.3 Å². The summed E-state index contributed by atoms with van der Waals surface area (Å²) in [5.41, 5.74) is 3.84. The zero-order valence-corrected chi connectivity index (χ0v) is 12.4. The van der Waals surface area contributed by atoms with Crippen LogP contribution in [0.2, 0.25) is 0 Å². The molecule has 2 aromatic heterocycles. The summed E-state index contributed by atoms with van der Waals surface area (Å²) < 4.78 is 0. The molecule has 3 aromatic rings. The molecule has 1 N–H and O–H groups in total. The van der Waals surface area contributed by atoms with Crippen molar-refractivity contribution in [1.82, 2.24) is 10.3 Å². The van der Waals surface area contributed by atoms with E-state index in [1.807, 2.05) is 19.3 Å². The Balaban J connectivity index is 1.87. The molecular weight excluding hydrogens is 264 g/mol. The molecule has 2 heterocycles. The molecule has 0 spiro atoms. The van der Waals surface area contributed by atoms with Gasteiger partial charge in [0.05, 0.1) is 5.52 Å². The lowest BCUT2D eigenvalue weighted by Crippen LogP contribution is -2.17. The van der Waals surface area contributed by atoms with Crippen molar-refractivity contribution in [3.8, 4) is 0 Å². The molecule has 0 radical (unpaired) electrons. The van der Waals surface area contributed by atoms with Gasteiger partial charge >= 0.3 is 0 Å². The number of nitrogens with zero attached hydrogens (tertiary/aromatic N) is 1. The van der Waals surface area contributed by atoms with E-state index in [-0.39, 0.29) is 0 Å². The van der Waals surface area contributed by atoms with Gasteiger partial charge in [-0.25, -0.2) is 0 Å². The number of nitrogens with one attached hydrogen (secondary N) is 1. The molecule has 0 aliphatic heterocycles. The number of thiophene rings is 1. The van der Waals surface area contributed by atoms with Crippen LogP contribution in [0, 0.1) is 0 Å². The molecule has 0 fully saturated rings. The van der Waals surface area contributed by atoms with Crippen molar-refractivity contribution in [2.75, 3.05) is 7.05 Å². The highest BCUT2D eigenvalue weighted by atomic mass is 32.1. The SMILES string of the molecule is CNC(CCc1ccsc1)c1ccnc2ccccc12. The summed E-state index contributed by atoms with van der Waals surface area (Å²) in [6.07, 6.45) is 4.11. The van der Waals surface area contributed by atoms with Gasteiger partial charge in [0.2, 0.25) is 0 Å². The molecule has 1 unspecified atom stereocenters. The zero-order chi connectivity index (χ0) is 13.8. The smallest absolute Gasteiger partial charge is 0.0705 e. The van der Waals surface area contributed by atoms with Gasteiger partial charge in [0.1, 0.15) is 0 Å². The molecule has 1 atom stereocenters. The Labute approximate surface area is 123 Å². The Morgan fingerprint density at radius 2 is 2.10 bits per heavy atom. The van der Waals surface area contributed by atoms with E-state index < -0.39 is 0 Å². The van der Waals surface area contributed by atoms with Crippen LogP contribution in [0.1, 0.15) is 23.6 Å². The molecule has 20 heavy (non-hydrogen) atoms. The summed E-state index contributed by atoms with van der Waals surface area (Å²) in [5, 5.41) is 9.08. The zero-order valence-electron chi connectivity index (χ0n) is 11.5. The average molecular weight is 282 g/mol. The molecule has 3 rings (SSSR count). The van der Waals surface area contributed by atoms with Gasteiger partial charge in [-0.1, -0.05) is 18.2 Å². The molecule has 102 valence electrons. The standard InChI is InChI=1S/C17H18N2S/c1-18-16(7-6-13-9-11-20-12-13)15-8-10-19-17-5-3-2-4-14(15)17/h2-5,8-12,16,18H,6-7H2,1H3. The minimum atomic E-state index is 0.364. The molecule has 0 bridgehead atoms. The van der Waals surface area contributed by atoms with Crippen molar-refractivity contribution in [1.29, 1.82) is 0 Å². The van der Waals surface area contributed by atoms with Crippen LogP contribution in [-0.4, -0.2) is 12.0 Å². The van der Waals surface area contributed by atoms with Crippen molar-refractivity contribution in [3.63, 3.8) is 0 Å². The van der Waals surface area contributed by atoms with Crippen LogP contribution >= 0.6 is 11.3 Å². The first kappa shape index (κ1) is 13.3. The molecule has 0 amide bonds. The lowest BCUT2D eigenvalue weighted by Gasteiger charge is -2.18. The Bertz CT molecular complexity index is 671. The number of aryl methyl sites for hydroxylation is 1. The van der Waals surface area contributed by atoms with Crippen molar-refractivity contribution < 1.29 is 0 Å². The minimum absolute atomic E-state index is 0.364. The first-order valence-corrected chi connectivity index (χ1v) is 7.85. The van der Waals surface area contributed by atoms with Gasteiger partial charge in [0.15, 0.2) is 0 Å². The normalized spacial score (nSPS) is 12.7. The number of pyridine rings is 1. The number of rotatable bonds is 5. The fourth-order valence-electron chi connectivity index (χ4n) is 2.62. The molecule has 3 heteroatoms. The van der Waals surface area contributed by atoms with E-state index in [9.17, 15) is 0 Å². The first-order valence-electron chi connectivity index (χ1n) is 6.90. The molecule has 1 aromatic carbocycles. The fourth-order valence-corrected chi connectivity index (χ4v) is 3.33. The number of aromatic nitrogens is 1. The van der Waals surface area contributed by atoms with Gasteiger partial charge in [0, 0.05) is 17.6 Å². The van der Waals surface area contributed by atoms with E-state index in [0.717, 1.165) is 18.4 Å². The second-order valence-electron chi connectivity index (χ2n) is 4.93. The largest absolute Gasteiger partial charge is 0.313 e. The summed E-state index contributed by atoms with van der Waals surface area (Å²) in [6, 6.07) is 13.1. The first-order chi connectivity index (χ1) is 9.88. The van der Waals surface area contributed by atoms with Crippen LogP contribution in [-0.2, 0) is 6.42 Å². The van der Waals surface area contributed by atoms with Gasteiger partial charge in [-0.05, 0) is 60.0 Å². The van der Waals surface area contributed by atoms with E-state index in [4.69, 9.17) is 0 Å². The van der Waals surface area contributed by atoms with Crippen LogP contribution in [0.5, 0.6) is 0 Å². The minimum Gasteiger partial charge on any atom is -0.313 e. The quantitative estimate of drug-likeness (QED) is 0.759. The van der Waals surface area contributed by atoms with Gasteiger partial charge in [-0.3, -0.25) is 4.98 Å². The monoisotopic (exact) mass is 282 g/mol. The second kappa shape index (κ2) is 6.16. The molecule has 0 aliphatic rings. The third-order valence-electron chi connectivity index (χ3n) is 3.71. The summed E-state index contributed by atoms with van der Waals surface area (Å²) in [4.78, 5) is 4.44. The predicted molar refractivity (Wildman–Crippen MR) is 86.2 cm³/mol. The number of para-hydroxylation sites is 1. The van der Waals surface area contributed by atoms with Crippen LogP contribution < -0.4 is 5.32 Å². The van der Waals surface area contributed by atoms with E-state index in [0.29, 0.717) is 6.04 Å². The molecule has 2 nitrogen and oxygen atoms in total. The average Bonchev–Trinajstić information content (AvgIpc) is 3.01. The van der Waals surface area contributed by atoms with E-state index in [2.05, 4.69) is 51.4 Å². The second-order valence-corrected chi connectivity index (χ2v) is 5.71. The van der Waals surface area contributed by atoms with Crippen LogP contribution in [0.4, 0.5) is 0 Å². The lowest BCUT2D eigenvalue weighted by molar-refractivity contribution is 0.553. The summed E-state index contributed by atoms with van der Waals surface area (Å²) in [6.45, 7) is 0. The highest BCUT2D eigenvalue weighted by Gasteiger charge is 2.12. The Morgan fingerprint density at radius 3 is 2.90 bits per heavy atom. The van der Waals surface area contributed by atoms with Gasteiger partial charge < -0.3 is 5.32 Å². The molecule has 0 aliphatic carbocycles. The maximum absolute atomic E-state index is 4.44. The van der Waals surface area contributed by atoms with Crippen molar-refractivity contribution >= 4 is 22.2 Å². The highest BCUT2D eigenvalue weighted by molar-refractivity contribution is 7.07. The van der Waals surface area contributed by atoms with E-state index in [1.54, 1.807) is 11.3 Å². The van der Waals surface area contributed by atoms with Crippen molar-refractivity contribution in [2.45, 2.75) is 18.9 Å². The Kier molecular flexibility index (Phi) is 4.09. The van der Waals surface area contributed by atoms with Crippen molar-refractivity contribution in [2.24, 2.45) is 0 Å². The third-order valence-corrected chi connectivity index (χ3v) is 4.44. The Hall–Kier alpha value is -1.71. The van der Waals surface area contributed by atoms with Gasteiger partial charge in [0.25, 0.3) is 0 Å². The number of benzene rings is 1. The topological polar surface area (TPSA) is 24.9 Å². The number of hydrogen-bond acceptors (Lipinski definition) is 3. The summed E-state index contributed by atoms with van der Waals surface area (Å²) in [5.74, 6) is 0. The molecular formula is C17H18N2S. The summed E-state index contributed by atoms with van der Waals surface area (Å²) in [7, 11) is 2.04. The lowest BCUT2D eigenvalue weighted by atomic mass is 9.97. The van der Waals surface area contributed by atoms with Crippen LogP contribution in [0.15, 0.2) is 53.4 Å².